The molecule has 43 heavy (non-hydrogen) atoms. The maximum absolute atomic E-state index is 13.6. The molecule has 0 N–H and O–H groups in total. The molecule has 1 heterocycles. The van der Waals surface area contributed by atoms with Crippen molar-refractivity contribution in [2.45, 2.75) is 77.9 Å². The number of aromatic nitrogens is 3. The van der Waals surface area contributed by atoms with Gasteiger partial charge in [-0.3, -0.25) is 4.79 Å². The summed E-state index contributed by atoms with van der Waals surface area (Å²) in [6, 6.07) is 17.8. The molecule has 0 fully saturated rings. The van der Waals surface area contributed by atoms with Crippen LogP contribution >= 0.6 is 0 Å². The summed E-state index contributed by atoms with van der Waals surface area (Å²) in [5.41, 5.74) is 10.2. The third-order valence-corrected chi connectivity index (χ3v) is 10.5. The topological polar surface area (TPSA) is 75.5 Å². The van der Waals surface area contributed by atoms with E-state index in [4.69, 9.17) is 14.2 Å². The van der Waals surface area contributed by atoms with Crippen LogP contribution < -0.4 is 4.74 Å². The van der Waals surface area contributed by atoms with Gasteiger partial charge >= 0.3 is 5.97 Å². The minimum absolute atomic E-state index is 0.153. The van der Waals surface area contributed by atoms with Gasteiger partial charge in [-0.1, -0.05) is 62.1 Å². The molecule has 5 rings (SSSR count). The predicted molar refractivity (Wildman–Crippen MR) is 173 cm³/mol. The molecule has 0 radical (unpaired) electrons. The van der Waals surface area contributed by atoms with Crippen LogP contribution in [-0.4, -0.2) is 42.8 Å². The number of carbonyl (C=O) groups excluding carboxylic acids is 1. The SMILES string of the molecule is COc1ccc(COCc2cc([C@@H](c3ccc4c(nnn4C)c3C)C(C)C(=O)OCC[Si](C)(C)C)cc3c2CCC3)cc1. The Morgan fingerprint density at radius 1 is 1.05 bits per heavy atom. The van der Waals surface area contributed by atoms with E-state index < -0.39 is 8.07 Å². The molecule has 8 heteroatoms. The predicted octanol–water partition coefficient (Wildman–Crippen LogP) is 7.14. The lowest BCUT2D eigenvalue weighted by molar-refractivity contribution is -0.147. The van der Waals surface area contributed by atoms with Crippen molar-refractivity contribution < 1.29 is 19.0 Å². The first-order valence-corrected chi connectivity index (χ1v) is 19.1. The Bertz CT molecular complexity index is 1590. The van der Waals surface area contributed by atoms with Crippen molar-refractivity contribution in [2.75, 3.05) is 13.7 Å². The van der Waals surface area contributed by atoms with Crippen molar-refractivity contribution in [1.82, 2.24) is 15.0 Å². The second kappa shape index (κ2) is 13.0. The van der Waals surface area contributed by atoms with Gasteiger partial charge in [-0.2, -0.15) is 0 Å². The zero-order valence-electron chi connectivity index (χ0n) is 26.7. The van der Waals surface area contributed by atoms with Crippen molar-refractivity contribution in [3.63, 3.8) is 0 Å². The second-order valence-electron chi connectivity index (χ2n) is 13.1. The van der Waals surface area contributed by atoms with Crippen LogP contribution in [0.3, 0.4) is 0 Å². The number of fused-ring (bicyclic) bond motifs is 2. The number of methoxy groups -OCH3 is 1. The molecule has 0 amide bonds. The summed E-state index contributed by atoms with van der Waals surface area (Å²) in [7, 11) is 2.25. The first-order valence-electron chi connectivity index (χ1n) is 15.4. The number of hydrogen-bond donors (Lipinski definition) is 0. The number of aryl methyl sites for hydroxylation is 3. The summed E-state index contributed by atoms with van der Waals surface area (Å²) < 4.78 is 19.3. The van der Waals surface area contributed by atoms with Crippen molar-refractivity contribution >= 4 is 25.1 Å². The fourth-order valence-electron chi connectivity index (χ4n) is 6.18. The average molecular weight is 600 g/mol. The molecule has 7 nitrogen and oxygen atoms in total. The van der Waals surface area contributed by atoms with E-state index in [9.17, 15) is 4.79 Å². The number of nitrogens with zero attached hydrogens (tertiary/aromatic N) is 3. The van der Waals surface area contributed by atoms with Gasteiger partial charge in [0.25, 0.3) is 0 Å². The summed E-state index contributed by atoms with van der Waals surface area (Å²) in [4.78, 5) is 13.6. The Hall–Kier alpha value is -3.49. The number of ether oxygens (including phenoxy) is 3. The summed E-state index contributed by atoms with van der Waals surface area (Å²) >= 11 is 0. The highest BCUT2D eigenvalue weighted by Gasteiger charge is 2.32. The number of carbonyl (C=O) groups is 1. The van der Waals surface area contributed by atoms with Crippen molar-refractivity contribution in [1.29, 1.82) is 0 Å². The van der Waals surface area contributed by atoms with E-state index in [0.717, 1.165) is 64.3 Å². The Balaban J connectivity index is 1.48. The lowest BCUT2D eigenvalue weighted by Gasteiger charge is -2.27. The van der Waals surface area contributed by atoms with Gasteiger partial charge in [0.1, 0.15) is 11.3 Å². The molecule has 0 saturated heterocycles. The van der Waals surface area contributed by atoms with E-state index in [2.05, 4.69) is 61.1 Å². The minimum Gasteiger partial charge on any atom is -0.497 e. The lowest BCUT2D eigenvalue weighted by atomic mass is 9.78. The van der Waals surface area contributed by atoms with E-state index in [1.54, 1.807) is 11.8 Å². The largest absolute Gasteiger partial charge is 0.497 e. The highest BCUT2D eigenvalue weighted by molar-refractivity contribution is 6.76. The zero-order chi connectivity index (χ0) is 30.7. The quantitative estimate of drug-likeness (QED) is 0.127. The molecular formula is C35H45N3O4Si. The van der Waals surface area contributed by atoms with Crippen LogP contribution in [0, 0.1) is 12.8 Å². The van der Waals surface area contributed by atoms with Crippen LogP contribution in [0.1, 0.15) is 58.2 Å². The van der Waals surface area contributed by atoms with Gasteiger partial charge in [-0.25, -0.2) is 4.68 Å². The average Bonchev–Trinajstić information content (AvgIpc) is 3.61. The van der Waals surface area contributed by atoms with Gasteiger partial charge < -0.3 is 14.2 Å². The standard InChI is InChI=1S/C35H45N3O4Si/c1-23-30(15-16-32-34(23)36-37-38(32)3)33(24(2)35(39)42-17-18-43(5,6)7)27-19-26-9-8-10-31(26)28(20-27)22-41-21-25-11-13-29(40-4)14-12-25/h11-16,19-20,24,33H,8-10,17-18,21-22H2,1-7H3/t24?,33-/m0/s1. The van der Waals surface area contributed by atoms with Gasteiger partial charge in [0, 0.05) is 21.0 Å². The summed E-state index contributed by atoms with van der Waals surface area (Å²) in [6.07, 6.45) is 3.23. The Morgan fingerprint density at radius 3 is 2.53 bits per heavy atom. The molecule has 0 spiro atoms. The number of benzene rings is 3. The summed E-state index contributed by atoms with van der Waals surface area (Å²) in [5.74, 6) is 0.127. The third-order valence-electron chi connectivity index (χ3n) is 8.76. The Labute approximate surface area is 256 Å². The zero-order valence-corrected chi connectivity index (χ0v) is 27.7. The first-order chi connectivity index (χ1) is 20.6. The highest BCUT2D eigenvalue weighted by atomic mass is 28.3. The van der Waals surface area contributed by atoms with E-state index >= 15 is 0 Å². The highest BCUT2D eigenvalue weighted by Crippen LogP contribution is 2.40. The summed E-state index contributed by atoms with van der Waals surface area (Å²) in [5, 5.41) is 8.72. The van der Waals surface area contributed by atoms with Gasteiger partial charge in [0.15, 0.2) is 0 Å². The molecule has 4 aromatic rings. The van der Waals surface area contributed by atoms with E-state index in [1.807, 2.05) is 38.2 Å². The molecule has 1 aromatic heterocycles. The van der Waals surface area contributed by atoms with Crippen molar-refractivity contribution in [3.05, 3.63) is 87.5 Å². The molecule has 1 aliphatic carbocycles. The maximum Gasteiger partial charge on any atom is 0.309 e. The smallest absolute Gasteiger partial charge is 0.309 e. The molecule has 0 saturated carbocycles. The van der Waals surface area contributed by atoms with E-state index in [1.165, 1.54) is 16.7 Å². The maximum atomic E-state index is 13.6. The summed E-state index contributed by atoms with van der Waals surface area (Å²) in [6.45, 7) is 12.5. The molecule has 0 aliphatic heterocycles. The van der Waals surface area contributed by atoms with Crippen LogP contribution in [0.15, 0.2) is 48.5 Å². The molecule has 0 bridgehead atoms. The van der Waals surface area contributed by atoms with Crippen molar-refractivity contribution in [2.24, 2.45) is 13.0 Å². The second-order valence-corrected chi connectivity index (χ2v) is 18.7. The van der Waals surface area contributed by atoms with Gasteiger partial charge in [-0.05, 0) is 89.4 Å². The van der Waals surface area contributed by atoms with Gasteiger partial charge in [-0.15, -0.1) is 5.10 Å². The Morgan fingerprint density at radius 2 is 1.81 bits per heavy atom. The third kappa shape index (κ3) is 7.02. The lowest BCUT2D eigenvalue weighted by Crippen LogP contribution is -2.27. The molecular weight excluding hydrogens is 554 g/mol. The molecule has 3 aromatic carbocycles. The van der Waals surface area contributed by atoms with Crippen LogP contribution in [-0.2, 0) is 47.4 Å². The van der Waals surface area contributed by atoms with Crippen LogP contribution in [0.25, 0.3) is 11.0 Å². The van der Waals surface area contributed by atoms with Gasteiger partial charge in [0.2, 0.25) is 0 Å². The number of esters is 1. The van der Waals surface area contributed by atoms with E-state index in [0.29, 0.717) is 19.8 Å². The van der Waals surface area contributed by atoms with Crippen molar-refractivity contribution in [3.8, 4) is 5.75 Å². The Kier molecular flexibility index (Phi) is 9.37. The molecule has 1 aliphatic rings. The fourth-order valence-corrected chi connectivity index (χ4v) is 6.90. The van der Waals surface area contributed by atoms with Crippen LogP contribution in [0.5, 0.6) is 5.75 Å². The van der Waals surface area contributed by atoms with Crippen LogP contribution in [0.2, 0.25) is 25.7 Å². The number of rotatable bonds is 12. The van der Waals surface area contributed by atoms with E-state index in [-0.39, 0.29) is 17.8 Å². The first kappa shape index (κ1) is 30.9. The fraction of sp³-hybridized carbons (Fsp3) is 0.457. The normalized spacial score (nSPS) is 14.5. The minimum atomic E-state index is -1.33. The monoisotopic (exact) mass is 599 g/mol. The molecule has 2 atom stereocenters. The van der Waals surface area contributed by atoms with Gasteiger partial charge in [0.05, 0.1) is 38.4 Å². The number of hydrogen-bond acceptors (Lipinski definition) is 6. The molecule has 1 unspecified atom stereocenters. The van der Waals surface area contributed by atoms with Crippen LogP contribution in [0.4, 0.5) is 0 Å². The molecule has 228 valence electrons.